The van der Waals surface area contributed by atoms with Crippen molar-refractivity contribution in [2.75, 3.05) is 13.1 Å². The lowest BCUT2D eigenvalue weighted by Gasteiger charge is -2.34. The van der Waals surface area contributed by atoms with E-state index in [2.05, 4.69) is 12.2 Å². The summed E-state index contributed by atoms with van der Waals surface area (Å²) in [6, 6.07) is -0.207. The molecule has 0 radical (unpaired) electrons. The maximum absolute atomic E-state index is 12.3. The van der Waals surface area contributed by atoms with Gasteiger partial charge in [-0.2, -0.15) is 0 Å². The molecule has 0 aromatic heterocycles. The van der Waals surface area contributed by atoms with E-state index in [1.165, 1.54) is 17.7 Å². The predicted molar refractivity (Wildman–Crippen MR) is 72.0 cm³/mol. The van der Waals surface area contributed by atoms with Crippen LogP contribution in [-0.2, 0) is 4.79 Å². The first-order chi connectivity index (χ1) is 8.99. The van der Waals surface area contributed by atoms with Gasteiger partial charge in [-0.15, -0.1) is 0 Å². The zero-order chi connectivity index (χ0) is 14.1. The number of hydrogen-bond donors (Lipinski definition) is 2. The lowest BCUT2D eigenvalue weighted by Crippen LogP contribution is -2.56. The molecule has 1 saturated carbocycles. The number of urea groups is 1. The summed E-state index contributed by atoms with van der Waals surface area (Å²) in [7, 11) is 0. The minimum atomic E-state index is -0.993. The van der Waals surface area contributed by atoms with Gasteiger partial charge in [-0.1, -0.05) is 13.8 Å². The molecule has 1 aliphatic heterocycles. The normalized spacial score (nSPS) is 28.2. The van der Waals surface area contributed by atoms with Crippen molar-refractivity contribution in [1.29, 1.82) is 0 Å². The van der Waals surface area contributed by atoms with Crippen LogP contribution in [-0.4, -0.2) is 40.6 Å². The van der Waals surface area contributed by atoms with Gasteiger partial charge in [0.05, 0.1) is 0 Å². The number of carbonyl (C=O) groups is 2. The number of rotatable bonds is 5. The third-order valence-corrected chi connectivity index (χ3v) is 5.04. The Hall–Kier alpha value is -1.26. The fraction of sp³-hybridized carbons (Fsp3) is 0.857. The molecule has 1 saturated heterocycles. The third kappa shape index (κ3) is 2.42. The molecule has 5 nitrogen and oxygen atoms in total. The van der Waals surface area contributed by atoms with Gasteiger partial charge < -0.3 is 15.3 Å². The molecule has 1 heterocycles. The molecule has 19 heavy (non-hydrogen) atoms. The zero-order valence-electron chi connectivity index (χ0n) is 11.9. The quantitative estimate of drug-likeness (QED) is 0.803. The fourth-order valence-corrected chi connectivity index (χ4v) is 3.11. The molecule has 2 fully saturated rings. The summed E-state index contributed by atoms with van der Waals surface area (Å²) in [5, 5.41) is 12.4. The lowest BCUT2D eigenvalue weighted by molar-refractivity contribution is -0.148. The third-order valence-electron chi connectivity index (χ3n) is 5.04. The molecule has 0 aromatic rings. The van der Waals surface area contributed by atoms with Gasteiger partial charge in [0, 0.05) is 13.1 Å². The largest absolute Gasteiger partial charge is 0.479 e. The number of hydrogen-bond acceptors (Lipinski definition) is 2. The number of aliphatic carboxylic acids is 1. The second kappa shape index (κ2) is 5.02. The Labute approximate surface area is 114 Å². The SMILES string of the molecule is CCC1(CNC(=O)N2CCCC2(CC)C(=O)O)CC1. The van der Waals surface area contributed by atoms with Crippen molar-refractivity contribution in [2.45, 2.75) is 57.9 Å². The van der Waals surface area contributed by atoms with Crippen molar-refractivity contribution in [2.24, 2.45) is 5.41 Å². The van der Waals surface area contributed by atoms with E-state index in [0.717, 1.165) is 12.8 Å². The van der Waals surface area contributed by atoms with Crippen LogP contribution in [0.15, 0.2) is 0 Å². The Balaban J connectivity index is 1.99. The highest BCUT2D eigenvalue weighted by atomic mass is 16.4. The number of amides is 2. The van der Waals surface area contributed by atoms with Gasteiger partial charge >= 0.3 is 12.0 Å². The first-order valence-corrected chi connectivity index (χ1v) is 7.28. The molecule has 0 aromatic carbocycles. The van der Waals surface area contributed by atoms with Crippen molar-refractivity contribution in [3.05, 3.63) is 0 Å². The van der Waals surface area contributed by atoms with E-state index in [0.29, 0.717) is 25.9 Å². The van der Waals surface area contributed by atoms with Gasteiger partial charge in [0.15, 0.2) is 0 Å². The molecule has 1 aliphatic carbocycles. The summed E-state index contributed by atoms with van der Waals surface area (Å²) in [6.07, 6.45) is 5.21. The minimum Gasteiger partial charge on any atom is -0.479 e. The van der Waals surface area contributed by atoms with Crippen molar-refractivity contribution >= 4 is 12.0 Å². The summed E-state index contributed by atoms with van der Waals surface area (Å²) in [4.78, 5) is 25.3. The number of carboxylic acids is 1. The van der Waals surface area contributed by atoms with E-state index in [1.54, 1.807) is 0 Å². The second-order valence-corrected chi connectivity index (χ2v) is 5.96. The molecule has 5 heteroatoms. The lowest BCUT2D eigenvalue weighted by atomic mass is 9.93. The van der Waals surface area contributed by atoms with Gasteiger partial charge in [0.25, 0.3) is 0 Å². The molecule has 2 rings (SSSR count). The van der Waals surface area contributed by atoms with Gasteiger partial charge in [-0.05, 0) is 43.9 Å². The van der Waals surface area contributed by atoms with E-state index in [1.807, 2.05) is 6.92 Å². The van der Waals surface area contributed by atoms with Crippen LogP contribution >= 0.6 is 0 Å². The van der Waals surface area contributed by atoms with Crippen LogP contribution in [0.25, 0.3) is 0 Å². The minimum absolute atomic E-state index is 0.207. The number of nitrogens with one attached hydrogen (secondary N) is 1. The molecular weight excluding hydrogens is 244 g/mol. The standard InChI is InChI=1S/C14H24N2O3/c1-3-13(7-8-13)10-15-12(19)16-9-5-6-14(16,4-2)11(17)18/h3-10H2,1-2H3,(H,15,19)(H,17,18). The Morgan fingerprint density at radius 1 is 1.21 bits per heavy atom. The molecule has 108 valence electrons. The summed E-state index contributed by atoms with van der Waals surface area (Å²) in [5.74, 6) is -0.876. The monoisotopic (exact) mass is 268 g/mol. The van der Waals surface area contributed by atoms with E-state index < -0.39 is 11.5 Å². The molecule has 0 spiro atoms. The summed E-state index contributed by atoms with van der Waals surface area (Å²) in [6.45, 7) is 5.21. The Kier molecular flexibility index (Phi) is 3.74. The predicted octanol–water partition coefficient (Wildman–Crippen LogP) is 2.22. The number of carboxylic acid groups (broad SMARTS) is 1. The van der Waals surface area contributed by atoms with Gasteiger partial charge in [0.1, 0.15) is 5.54 Å². The average Bonchev–Trinajstić information content (AvgIpc) is 3.05. The smallest absolute Gasteiger partial charge is 0.329 e. The zero-order valence-corrected chi connectivity index (χ0v) is 11.9. The van der Waals surface area contributed by atoms with E-state index in [4.69, 9.17) is 0 Å². The van der Waals surface area contributed by atoms with Crippen LogP contribution in [0.1, 0.15) is 52.4 Å². The Morgan fingerprint density at radius 3 is 2.37 bits per heavy atom. The molecule has 0 bridgehead atoms. The second-order valence-electron chi connectivity index (χ2n) is 5.96. The summed E-state index contributed by atoms with van der Waals surface area (Å²) < 4.78 is 0. The van der Waals surface area contributed by atoms with Crippen molar-refractivity contribution in [3.8, 4) is 0 Å². The number of nitrogens with zero attached hydrogens (tertiary/aromatic N) is 1. The van der Waals surface area contributed by atoms with Gasteiger partial charge in [0.2, 0.25) is 0 Å². The fourth-order valence-electron chi connectivity index (χ4n) is 3.11. The van der Waals surface area contributed by atoms with Gasteiger partial charge in [-0.25, -0.2) is 9.59 Å². The molecule has 2 N–H and O–H groups in total. The molecular formula is C14H24N2O3. The topological polar surface area (TPSA) is 69.6 Å². The maximum atomic E-state index is 12.3. The maximum Gasteiger partial charge on any atom is 0.329 e. The summed E-state index contributed by atoms with van der Waals surface area (Å²) in [5.41, 5.74) is -0.708. The van der Waals surface area contributed by atoms with Crippen LogP contribution in [0.5, 0.6) is 0 Å². The molecule has 1 atom stereocenters. The molecule has 1 unspecified atom stereocenters. The van der Waals surface area contributed by atoms with Crippen LogP contribution in [0, 0.1) is 5.41 Å². The van der Waals surface area contributed by atoms with Crippen molar-refractivity contribution in [1.82, 2.24) is 10.2 Å². The van der Waals surface area contributed by atoms with Crippen molar-refractivity contribution < 1.29 is 14.7 Å². The number of carbonyl (C=O) groups excluding carboxylic acids is 1. The highest BCUT2D eigenvalue weighted by Crippen LogP contribution is 2.48. The highest BCUT2D eigenvalue weighted by molar-refractivity contribution is 5.87. The highest BCUT2D eigenvalue weighted by Gasteiger charge is 2.49. The Bertz CT molecular complexity index is 379. The van der Waals surface area contributed by atoms with E-state index in [-0.39, 0.29) is 11.4 Å². The first kappa shape index (κ1) is 14.2. The van der Waals surface area contributed by atoms with Gasteiger partial charge in [-0.3, -0.25) is 0 Å². The molecule has 2 amide bonds. The van der Waals surface area contributed by atoms with Crippen LogP contribution in [0.2, 0.25) is 0 Å². The van der Waals surface area contributed by atoms with E-state index in [9.17, 15) is 14.7 Å². The molecule has 2 aliphatic rings. The van der Waals surface area contributed by atoms with Crippen LogP contribution < -0.4 is 5.32 Å². The first-order valence-electron chi connectivity index (χ1n) is 7.28. The summed E-state index contributed by atoms with van der Waals surface area (Å²) >= 11 is 0. The van der Waals surface area contributed by atoms with Crippen molar-refractivity contribution in [3.63, 3.8) is 0 Å². The van der Waals surface area contributed by atoms with E-state index >= 15 is 0 Å². The average molecular weight is 268 g/mol. The van der Waals surface area contributed by atoms with Crippen LogP contribution in [0.4, 0.5) is 4.79 Å². The number of likely N-dealkylation sites (tertiary alicyclic amines) is 1. The van der Waals surface area contributed by atoms with Crippen LogP contribution in [0.3, 0.4) is 0 Å². The Morgan fingerprint density at radius 2 is 1.89 bits per heavy atom.